The minimum Gasteiger partial charge on any atom is -0.509 e. The Morgan fingerprint density at radius 1 is 1.17 bits per heavy atom. The molecular weight excluding hydrogens is 304 g/mol. The summed E-state index contributed by atoms with van der Waals surface area (Å²) in [5.74, 6) is 0.691. The molecule has 1 aliphatic rings. The van der Waals surface area contributed by atoms with Crippen molar-refractivity contribution in [2.45, 2.75) is 6.92 Å². The summed E-state index contributed by atoms with van der Waals surface area (Å²) in [5.41, 5.74) is 3.39. The molecule has 1 aliphatic heterocycles. The number of phenolic OH excluding ortho intramolecular Hbond substituents is 1. The molecule has 0 unspecified atom stereocenters. The Kier molecular flexibility index (Phi) is 3.06. The van der Waals surface area contributed by atoms with Crippen LogP contribution >= 0.6 is 0 Å². The highest BCUT2D eigenvalue weighted by atomic mass is 16.3. The second kappa shape index (κ2) is 5.13. The fourth-order valence-corrected chi connectivity index (χ4v) is 2.97. The van der Waals surface area contributed by atoms with E-state index in [1.165, 1.54) is 0 Å². The molecule has 24 heavy (non-hydrogen) atoms. The zero-order chi connectivity index (χ0) is 16.8. The molecular formula is C18H16N4O2. The van der Waals surface area contributed by atoms with Gasteiger partial charge in [0.2, 0.25) is 0 Å². The number of benzene rings is 2. The van der Waals surface area contributed by atoms with Crippen LogP contribution in [0.2, 0.25) is 0 Å². The fraction of sp³-hybridized carbons (Fsp3) is 0.111. The summed E-state index contributed by atoms with van der Waals surface area (Å²) in [5, 5.41) is 29.0. The molecule has 0 saturated carbocycles. The lowest BCUT2D eigenvalue weighted by Crippen LogP contribution is -2.26. The number of fused-ring (bicyclic) bond motifs is 1. The number of anilines is 1. The van der Waals surface area contributed by atoms with Crippen LogP contribution in [0.15, 0.2) is 48.2 Å². The average Bonchev–Trinajstić information content (AvgIpc) is 3.08. The zero-order valence-electron chi connectivity index (χ0n) is 13.0. The van der Waals surface area contributed by atoms with Crippen LogP contribution in [0.1, 0.15) is 11.4 Å². The lowest BCUT2D eigenvalue weighted by molar-refractivity contribution is 0.410. The van der Waals surface area contributed by atoms with Crippen LogP contribution < -0.4 is 4.90 Å². The first-order valence-corrected chi connectivity index (χ1v) is 7.58. The Hall–Kier alpha value is -3.28. The molecule has 0 spiro atoms. The predicted octanol–water partition coefficient (Wildman–Crippen LogP) is 3.34. The molecule has 120 valence electrons. The van der Waals surface area contributed by atoms with Gasteiger partial charge >= 0.3 is 0 Å². The zero-order valence-corrected chi connectivity index (χ0v) is 13.0. The van der Waals surface area contributed by atoms with Gasteiger partial charge in [0.05, 0.1) is 28.8 Å². The highest BCUT2D eigenvalue weighted by molar-refractivity contribution is 6.30. The van der Waals surface area contributed by atoms with Gasteiger partial charge in [-0.25, -0.2) is 4.98 Å². The maximum absolute atomic E-state index is 10.4. The number of aromatic amines is 1. The van der Waals surface area contributed by atoms with Crippen molar-refractivity contribution >= 4 is 28.1 Å². The third-order valence-electron chi connectivity index (χ3n) is 4.15. The van der Waals surface area contributed by atoms with E-state index in [-0.39, 0.29) is 23.9 Å². The van der Waals surface area contributed by atoms with Crippen LogP contribution in [0.5, 0.6) is 5.75 Å². The van der Waals surface area contributed by atoms with Gasteiger partial charge in [0, 0.05) is 0 Å². The van der Waals surface area contributed by atoms with Gasteiger partial charge in [0.15, 0.2) is 0 Å². The number of aromatic hydroxyl groups is 1. The molecule has 0 fully saturated rings. The number of phenols is 1. The molecule has 6 nitrogen and oxygen atoms in total. The van der Waals surface area contributed by atoms with E-state index in [4.69, 9.17) is 5.41 Å². The summed E-state index contributed by atoms with van der Waals surface area (Å²) >= 11 is 0. The van der Waals surface area contributed by atoms with Crippen molar-refractivity contribution in [3.63, 3.8) is 0 Å². The van der Waals surface area contributed by atoms with Crippen molar-refractivity contribution in [1.82, 2.24) is 9.97 Å². The van der Waals surface area contributed by atoms with Gasteiger partial charge in [-0.15, -0.1) is 0 Å². The highest BCUT2D eigenvalue weighted by Gasteiger charge is 2.32. The van der Waals surface area contributed by atoms with E-state index < -0.39 is 0 Å². The summed E-state index contributed by atoms with van der Waals surface area (Å²) in [7, 11) is 0. The molecule has 1 aromatic heterocycles. The second-order valence-corrected chi connectivity index (χ2v) is 5.85. The van der Waals surface area contributed by atoms with Gasteiger partial charge in [-0.1, -0.05) is 18.2 Å². The number of H-pyrrole nitrogens is 1. The highest BCUT2D eigenvalue weighted by Crippen LogP contribution is 2.35. The standard InChI is InChI=1S/C18H16N4O2/c1-10-6-7-13(14(23)8-10)22-9-15(24)16(17(22)19)18-20-11-4-2-3-5-12(11)21-18/h2-8,19,23-24H,9H2,1H3,(H,20,21). The first kappa shape index (κ1) is 14.3. The Bertz CT molecular complexity index is 970. The molecule has 0 saturated heterocycles. The minimum atomic E-state index is 0.0547. The molecule has 3 aromatic rings. The van der Waals surface area contributed by atoms with E-state index in [0.29, 0.717) is 17.1 Å². The molecule has 0 amide bonds. The molecule has 2 heterocycles. The Morgan fingerprint density at radius 3 is 2.71 bits per heavy atom. The predicted molar refractivity (Wildman–Crippen MR) is 93.6 cm³/mol. The summed E-state index contributed by atoms with van der Waals surface area (Å²) in [6.07, 6.45) is 0. The summed E-state index contributed by atoms with van der Waals surface area (Å²) in [6.45, 7) is 2.01. The molecule has 6 heteroatoms. The van der Waals surface area contributed by atoms with Gasteiger partial charge in [0.25, 0.3) is 0 Å². The monoisotopic (exact) mass is 320 g/mol. The van der Waals surface area contributed by atoms with E-state index >= 15 is 0 Å². The number of rotatable bonds is 2. The van der Waals surface area contributed by atoms with Crippen LogP contribution in [-0.4, -0.2) is 32.6 Å². The largest absolute Gasteiger partial charge is 0.509 e. The van der Waals surface area contributed by atoms with E-state index in [1.54, 1.807) is 17.0 Å². The Balaban J connectivity index is 1.75. The first-order valence-electron chi connectivity index (χ1n) is 7.58. The number of nitrogens with zero attached hydrogens (tertiary/aromatic N) is 2. The molecule has 0 atom stereocenters. The fourth-order valence-electron chi connectivity index (χ4n) is 2.97. The first-order chi connectivity index (χ1) is 11.5. The number of aliphatic hydroxyl groups excluding tert-OH is 1. The van der Waals surface area contributed by atoms with E-state index in [1.807, 2.05) is 37.3 Å². The molecule has 4 N–H and O–H groups in total. The van der Waals surface area contributed by atoms with Crippen molar-refractivity contribution in [3.8, 4) is 5.75 Å². The topological polar surface area (TPSA) is 96.2 Å². The smallest absolute Gasteiger partial charge is 0.145 e. The van der Waals surface area contributed by atoms with Crippen molar-refractivity contribution < 1.29 is 10.2 Å². The van der Waals surface area contributed by atoms with Gasteiger partial charge < -0.3 is 20.1 Å². The number of amidine groups is 1. The van der Waals surface area contributed by atoms with E-state index in [0.717, 1.165) is 16.6 Å². The van der Waals surface area contributed by atoms with Gasteiger partial charge in [0.1, 0.15) is 23.2 Å². The van der Waals surface area contributed by atoms with Crippen LogP contribution in [0, 0.1) is 12.3 Å². The normalized spacial score (nSPS) is 14.9. The van der Waals surface area contributed by atoms with Crippen molar-refractivity contribution in [2.75, 3.05) is 11.4 Å². The van der Waals surface area contributed by atoms with Crippen LogP contribution in [-0.2, 0) is 0 Å². The van der Waals surface area contributed by atoms with Crippen LogP contribution in [0.25, 0.3) is 16.6 Å². The number of imidazole rings is 1. The molecule has 0 radical (unpaired) electrons. The quantitative estimate of drug-likeness (QED) is 0.582. The maximum atomic E-state index is 10.4. The lowest BCUT2D eigenvalue weighted by Gasteiger charge is -2.20. The average molecular weight is 320 g/mol. The molecule has 0 bridgehead atoms. The number of hydrogen-bond donors (Lipinski definition) is 4. The van der Waals surface area contributed by atoms with Gasteiger partial charge in [-0.3, -0.25) is 5.41 Å². The van der Waals surface area contributed by atoms with Crippen molar-refractivity contribution in [1.29, 1.82) is 5.41 Å². The number of aryl methyl sites for hydroxylation is 1. The SMILES string of the molecule is Cc1ccc(N2CC(O)=C(c3nc4ccccc4[nH]3)C2=N)c(O)c1. The number of aliphatic hydroxyl groups is 1. The van der Waals surface area contributed by atoms with Gasteiger partial charge in [-0.2, -0.15) is 0 Å². The second-order valence-electron chi connectivity index (χ2n) is 5.85. The van der Waals surface area contributed by atoms with Crippen molar-refractivity contribution in [3.05, 3.63) is 59.6 Å². The van der Waals surface area contributed by atoms with Crippen LogP contribution in [0.4, 0.5) is 5.69 Å². The Morgan fingerprint density at radius 2 is 1.96 bits per heavy atom. The number of hydrogen-bond acceptors (Lipinski definition) is 4. The summed E-state index contributed by atoms with van der Waals surface area (Å²) in [6, 6.07) is 12.8. The number of aromatic nitrogens is 2. The third-order valence-corrected chi connectivity index (χ3v) is 4.15. The van der Waals surface area contributed by atoms with E-state index in [2.05, 4.69) is 9.97 Å². The number of nitrogens with one attached hydrogen (secondary N) is 2. The molecule has 0 aliphatic carbocycles. The third kappa shape index (κ3) is 2.11. The molecule has 4 rings (SSSR count). The maximum Gasteiger partial charge on any atom is 0.145 e. The van der Waals surface area contributed by atoms with E-state index in [9.17, 15) is 10.2 Å². The summed E-state index contributed by atoms with van der Waals surface area (Å²) < 4.78 is 0. The van der Waals surface area contributed by atoms with Crippen LogP contribution in [0.3, 0.4) is 0 Å². The van der Waals surface area contributed by atoms with Crippen molar-refractivity contribution in [2.24, 2.45) is 0 Å². The Labute approximate surface area is 138 Å². The molecule has 2 aromatic carbocycles. The minimum absolute atomic E-state index is 0.0547. The summed E-state index contributed by atoms with van der Waals surface area (Å²) in [4.78, 5) is 9.15. The lowest BCUT2D eigenvalue weighted by atomic mass is 10.2. The van der Waals surface area contributed by atoms with Gasteiger partial charge in [-0.05, 0) is 36.8 Å². The number of para-hydroxylation sites is 2.